The van der Waals surface area contributed by atoms with E-state index >= 15 is 0 Å². The van der Waals surface area contributed by atoms with E-state index < -0.39 is 30.1 Å². The summed E-state index contributed by atoms with van der Waals surface area (Å²) in [4.78, 5) is 48.6. The van der Waals surface area contributed by atoms with Crippen LogP contribution in [0.25, 0.3) is 11.0 Å². The number of hydrogen-bond donors (Lipinski definition) is 1. The normalized spacial score (nSPS) is 20.8. The van der Waals surface area contributed by atoms with Gasteiger partial charge in [0.05, 0.1) is 17.1 Å². The molecule has 0 bridgehead atoms. The van der Waals surface area contributed by atoms with Crippen LogP contribution in [0.4, 0.5) is 18.9 Å². The van der Waals surface area contributed by atoms with E-state index in [9.17, 15) is 27.6 Å². The van der Waals surface area contributed by atoms with E-state index in [0.717, 1.165) is 21.5 Å². The summed E-state index contributed by atoms with van der Waals surface area (Å²) in [5.41, 5.74) is 2.86. The Kier molecular flexibility index (Phi) is 5.88. The molecule has 6 rings (SSSR count). The van der Waals surface area contributed by atoms with Crippen LogP contribution in [0.15, 0.2) is 36.5 Å². The zero-order valence-corrected chi connectivity index (χ0v) is 21.3. The van der Waals surface area contributed by atoms with Crippen LogP contribution >= 0.6 is 0 Å². The smallest absolute Gasteiger partial charge is 0.337 e. The molecule has 3 aromatic rings. The number of aromatic amines is 1. The SMILES string of the molecule is Cc1cccc2c1C1(CCN(C(=O)c3ccc4[nH]ncc4n3)CC1)C(=O)N2CC(=O)N1CCC[C@H]1C(F)(F)F. The number of hydrogen-bond acceptors (Lipinski definition) is 5. The number of nitrogens with one attached hydrogen (secondary N) is 1. The number of alkyl halides is 3. The van der Waals surface area contributed by atoms with Gasteiger partial charge < -0.3 is 14.7 Å². The molecule has 9 nitrogen and oxygen atoms in total. The van der Waals surface area contributed by atoms with Crippen molar-refractivity contribution in [1.29, 1.82) is 0 Å². The lowest BCUT2D eigenvalue weighted by Gasteiger charge is -2.39. The fraction of sp³-hybridized carbons (Fsp3) is 0.444. The predicted molar refractivity (Wildman–Crippen MR) is 135 cm³/mol. The van der Waals surface area contributed by atoms with E-state index in [4.69, 9.17) is 0 Å². The predicted octanol–water partition coefficient (Wildman–Crippen LogP) is 3.34. The van der Waals surface area contributed by atoms with Gasteiger partial charge in [0, 0.05) is 25.3 Å². The highest BCUT2D eigenvalue weighted by molar-refractivity contribution is 6.11. The maximum atomic E-state index is 14.0. The standard InChI is InChI=1S/C27H27F3N6O3/c1-16-4-2-5-20-23(16)26(25(39)36(20)15-22(37)35-11-3-6-21(35)27(28,29)30)9-12-34(13-10-26)24(38)18-8-7-17-19(32-18)14-31-33-17/h2,4-5,7-8,14,21H,3,6,9-13,15H2,1H3,(H,31,33)/t21-/m0/s1. The highest BCUT2D eigenvalue weighted by Gasteiger charge is 2.54. The molecule has 0 aliphatic carbocycles. The summed E-state index contributed by atoms with van der Waals surface area (Å²) in [6, 6.07) is 6.97. The zero-order valence-electron chi connectivity index (χ0n) is 21.3. The number of likely N-dealkylation sites (tertiary alicyclic amines) is 2. The summed E-state index contributed by atoms with van der Waals surface area (Å²) >= 11 is 0. The Bertz CT molecular complexity index is 1480. The number of aromatic nitrogens is 3. The maximum Gasteiger partial charge on any atom is 0.408 e. The average molecular weight is 541 g/mol. The molecule has 0 saturated carbocycles. The lowest BCUT2D eigenvalue weighted by atomic mass is 9.72. The minimum atomic E-state index is -4.51. The molecule has 3 amide bonds. The Labute approximate surface area is 222 Å². The molecule has 2 fully saturated rings. The Morgan fingerprint density at radius 1 is 1.13 bits per heavy atom. The van der Waals surface area contributed by atoms with Crippen LogP contribution in [0.3, 0.4) is 0 Å². The molecule has 2 aromatic heterocycles. The van der Waals surface area contributed by atoms with Gasteiger partial charge in [-0.2, -0.15) is 18.3 Å². The van der Waals surface area contributed by atoms with Crippen molar-refractivity contribution in [3.8, 4) is 0 Å². The molecule has 1 spiro atoms. The molecule has 1 aromatic carbocycles. The number of H-pyrrole nitrogens is 1. The van der Waals surface area contributed by atoms with Crippen molar-refractivity contribution in [2.45, 2.75) is 50.2 Å². The first-order valence-corrected chi connectivity index (χ1v) is 13.0. The van der Waals surface area contributed by atoms with Crippen molar-refractivity contribution in [3.63, 3.8) is 0 Å². The number of rotatable bonds is 3. The second-order valence-electron chi connectivity index (χ2n) is 10.5. The topological polar surface area (TPSA) is 102 Å². The second-order valence-corrected chi connectivity index (χ2v) is 10.5. The maximum absolute atomic E-state index is 14.0. The first-order valence-electron chi connectivity index (χ1n) is 13.0. The number of amides is 3. The molecular formula is C27H27F3N6O3. The van der Waals surface area contributed by atoms with Gasteiger partial charge in [-0.1, -0.05) is 12.1 Å². The van der Waals surface area contributed by atoms with Crippen molar-refractivity contribution in [1.82, 2.24) is 25.0 Å². The van der Waals surface area contributed by atoms with E-state index in [2.05, 4.69) is 15.2 Å². The van der Waals surface area contributed by atoms with Gasteiger partial charge in [0.2, 0.25) is 11.8 Å². The molecule has 1 atom stereocenters. The highest BCUT2D eigenvalue weighted by atomic mass is 19.4. The van der Waals surface area contributed by atoms with Gasteiger partial charge >= 0.3 is 6.18 Å². The van der Waals surface area contributed by atoms with Crippen LogP contribution in [0.1, 0.15) is 47.3 Å². The van der Waals surface area contributed by atoms with Gasteiger partial charge in [0.15, 0.2) is 0 Å². The highest BCUT2D eigenvalue weighted by Crippen LogP contribution is 2.49. The molecular weight excluding hydrogens is 513 g/mol. The number of aryl methyl sites for hydroxylation is 1. The van der Waals surface area contributed by atoms with Gasteiger partial charge in [0.1, 0.15) is 23.8 Å². The quantitative estimate of drug-likeness (QED) is 0.549. The van der Waals surface area contributed by atoms with E-state index in [0.29, 0.717) is 37.1 Å². The number of anilines is 1. The third-order valence-electron chi connectivity index (χ3n) is 8.34. The monoisotopic (exact) mass is 540 g/mol. The van der Waals surface area contributed by atoms with Crippen LogP contribution < -0.4 is 4.90 Å². The molecule has 0 unspecified atom stereocenters. The fourth-order valence-electron chi connectivity index (χ4n) is 6.43. The van der Waals surface area contributed by atoms with Gasteiger partial charge in [-0.15, -0.1) is 0 Å². The lowest BCUT2D eigenvalue weighted by molar-refractivity contribution is -0.182. The van der Waals surface area contributed by atoms with Gasteiger partial charge in [-0.05, 0) is 61.9 Å². The number of carbonyl (C=O) groups excluding carboxylic acids is 3. The minimum Gasteiger partial charge on any atom is -0.337 e. The first-order chi connectivity index (χ1) is 18.6. The molecule has 1 N–H and O–H groups in total. The van der Waals surface area contributed by atoms with Crippen LogP contribution in [-0.2, 0) is 15.0 Å². The summed E-state index contributed by atoms with van der Waals surface area (Å²) in [5.74, 6) is -1.25. The summed E-state index contributed by atoms with van der Waals surface area (Å²) < 4.78 is 40.5. The van der Waals surface area contributed by atoms with E-state index in [1.165, 1.54) is 4.90 Å². The third kappa shape index (κ3) is 4.04. The zero-order chi connectivity index (χ0) is 27.5. The number of carbonyl (C=O) groups is 3. The molecule has 3 aliphatic rings. The van der Waals surface area contributed by atoms with Crippen molar-refractivity contribution in [2.24, 2.45) is 0 Å². The Morgan fingerprint density at radius 3 is 2.64 bits per heavy atom. The van der Waals surface area contributed by atoms with Gasteiger partial charge in [-0.25, -0.2) is 4.98 Å². The second kappa shape index (κ2) is 9.06. The van der Waals surface area contributed by atoms with Crippen LogP contribution in [0, 0.1) is 6.92 Å². The van der Waals surface area contributed by atoms with Crippen molar-refractivity contribution in [2.75, 3.05) is 31.1 Å². The Balaban J connectivity index is 1.24. The number of nitrogens with zero attached hydrogens (tertiary/aromatic N) is 5. The van der Waals surface area contributed by atoms with Gasteiger partial charge in [-0.3, -0.25) is 19.5 Å². The van der Waals surface area contributed by atoms with Crippen LogP contribution in [-0.4, -0.2) is 81.1 Å². The Hall–Kier alpha value is -3.96. The van der Waals surface area contributed by atoms with Crippen molar-refractivity contribution in [3.05, 3.63) is 53.3 Å². The molecule has 39 heavy (non-hydrogen) atoms. The molecule has 204 valence electrons. The van der Waals surface area contributed by atoms with E-state index in [1.807, 2.05) is 13.0 Å². The fourth-order valence-corrected chi connectivity index (χ4v) is 6.43. The molecule has 2 saturated heterocycles. The third-order valence-corrected chi connectivity index (χ3v) is 8.34. The minimum absolute atomic E-state index is 0.0204. The summed E-state index contributed by atoms with van der Waals surface area (Å²) in [6.07, 6.45) is -2.15. The molecule has 12 heteroatoms. The Morgan fingerprint density at radius 2 is 1.90 bits per heavy atom. The van der Waals surface area contributed by atoms with Crippen molar-refractivity contribution < 1.29 is 27.6 Å². The van der Waals surface area contributed by atoms with Crippen LogP contribution in [0.2, 0.25) is 0 Å². The molecule has 5 heterocycles. The molecule has 0 radical (unpaired) electrons. The number of halogens is 3. The number of benzene rings is 1. The largest absolute Gasteiger partial charge is 0.408 e. The summed E-state index contributed by atoms with van der Waals surface area (Å²) in [6.45, 7) is 2.06. The van der Waals surface area contributed by atoms with Gasteiger partial charge in [0.25, 0.3) is 5.91 Å². The first kappa shape index (κ1) is 25.3. The van der Waals surface area contributed by atoms with E-state index in [1.54, 1.807) is 35.4 Å². The van der Waals surface area contributed by atoms with E-state index in [-0.39, 0.29) is 36.9 Å². The number of piperidine rings is 1. The molecule has 3 aliphatic heterocycles. The van der Waals surface area contributed by atoms with Crippen LogP contribution in [0.5, 0.6) is 0 Å². The average Bonchev–Trinajstić information content (AvgIpc) is 3.64. The number of fused-ring (bicyclic) bond motifs is 3. The lowest BCUT2D eigenvalue weighted by Crippen LogP contribution is -2.53. The van der Waals surface area contributed by atoms with Crippen molar-refractivity contribution >= 4 is 34.4 Å². The number of pyridine rings is 1. The summed E-state index contributed by atoms with van der Waals surface area (Å²) in [5, 5.41) is 6.73. The summed E-state index contributed by atoms with van der Waals surface area (Å²) in [7, 11) is 0.